The summed E-state index contributed by atoms with van der Waals surface area (Å²) in [6, 6.07) is 14.6. The summed E-state index contributed by atoms with van der Waals surface area (Å²) in [6.45, 7) is 2.37. The second-order valence-corrected chi connectivity index (χ2v) is 6.27. The number of nitrogen functional groups attached to an aromatic ring is 1. The normalized spacial score (nSPS) is 14.6. The Kier molecular flexibility index (Phi) is 4.00. The van der Waals surface area contributed by atoms with Gasteiger partial charge in [0, 0.05) is 33.7 Å². The van der Waals surface area contributed by atoms with E-state index in [9.17, 15) is 0 Å². The molecule has 1 fully saturated rings. The van der Waals surface area contributed by atoms with Gasteiger partial charge in [0.2, 0.25) is 0 Å². The fourth-order valence-corrected chi connectivity index (χ4v) is 3.19. The number of nitrogens with one attached hydrogen (secondary N) is 1. The number of anilines is 4. The number of halogens is 1. The van der Waals surface area contributed by atoms with E-state index >= 15 is 0 Å². The molecule has 3 N–H and O–H groups in total. The van der Waals surface area contributed by atoms with Gasteiger partial charge in [-0.2, -0.15) is 0 Å². The van der Waals surface area contributed by atoms with E-state index in [1.165, 1.54) is 31.6 Å². The highest BCUT2D eigenvalue weighted by Crippen LogP contribution is 2.27. The zero-order valence-electron chi connectivity index (χ0n) is 11.3. The number of rotatable bonds is 3. The molecule has 0 unspecified atom stereocenters. The van der Waals surface area contributed by atoms with Crippen LogP contribution in [0.4, 0.5) is 22.7 Å². The first-order valence-electron chi connectivity index (χ1n) is 6.89. The Labute approximate surface area is 133 Å². The monoisotopic (exact) mass is 379 g/mol. The molecule has 0 amide bonds. The third kappa shape index (κ3) is 3.00. The van der Waals surface area contributed by atoms with E-state index in [0.29, 0.717) is 0 Å². The first-order valence-corrected chi connectivity index (χ1v) is 7.97. The number of benzene rings is 2. The third-order valence-corrected chi connectivity index (χ3v) is 4.50. The van der Waals surface area contributed by atoms with Gasteiger partial charge in [-0.1, -0.05) is 0 Å². The molecule has 0 spiro atoms. The number of hydrogen-bond acceptors (Lipinski definition) is 3. The van der Waals surface area contributed by atoms with Crippen LogP contribution in [0.5, 0.6) is 0 Å². The van der Waals surface area contributed by atoms with E-state index in [2.05, 4.69) is 57.1 Å². The summed E-state index contributed by atoms with van der Waals surface area (Å²) in [4.78, 5) is 2.44. The van der Waals surface area contributed by atoms with Crippen LogP contribution in [-0.4, -0.2) is 13.1 Å². The summed E-state index contributed by atoms with van der Waals surface area (Å²) in [5, 5.41) is 3.44. The fourth-order valence-electron chi connectivity index (χ4n) is 2.52. The number of nitrogens with two attached hydrogens (primary N) is 1. The first-order chi connectivity index (χ1) is 9.72. The van der Waals surface area contributed by atoms with Crippen LogP contribution in [0.3, 0.4) is 0 Å². The van der Waals surface area contributed by atoms with Crippen LogP contribution < -0.4 is 16.0 Å². The minimum Gasteiger partial charge on any atom is -0.399 e. The fraction of sp³-hybridized carbons (Fsp3) is 0.250. The van der Waals surface area contributed by atoms with Gasteiger partial charge in [-0.25, -0.2) is 0 Å². The van der Waals surface area contributed by atoms with Crippen LogP contribution >= 0.6 is 22.6 Å². The maximum atomic E-state index is 5.77. The smallest absolute Gasteiger partial charge is 0.0521 e. The van der Waals surface area contributed by atoms with Crippen LogP contribution in [0.15, 0.2) is 42.5 Å². The lowest BCUT2D eigenvalue weighted by molar-refractivity contribution is 0.949. The van der Waals surface area contributed by atoms with Crippen LogP contribution in [0.25, 0.3) is 0 Å². The van der Waals surface area contributed by atoms with Crippen molar-refractivity contribution < 1.29 is 0 Å². The highest BCUT2D eigenvalue weighted by molar-refractivity contribution is 14.1. The predicted octanol–water partition coefficient (Wildman–Crippen LogP) is 4.22. The van der Waals surface area contributed by atoms with E-state index in [1.54, 1.807) is 0 Å². The Hall–Kier alpha value is -1.43. The molecule has 1 saturated heterocycles. The third-order valence-electron chi connectivity index (χ3n) is 3.61. The zero-order chi connectivity index (χ0) is 13.9. The van der Waals surface area contributed by atoms with Crippen molar-refractivity contribution in [2.24, 2.45) is 0 Å². The lowest BCUT2D eigenvalue weighted by Gasteiger charge is -2.18. The molecule has 0 radical (unpaired) electrons. The Bertz CT molecular complexity index is 589. The number of nitrogens with zero attached hydrogens (tertiary/aromatic N) is 1. The molecular formula is C16H18IN3. The highest BCUT2D eigenvalue weighted by atomic mass is 127. The topological polar surface area (TPSA) is 41.3 Å². The van der Waals surface area contributed by atoms with Gasteiger partial charge in [-0.05, 0) is 77.9 Å². The quantitative estimate of drug-likeness (QED) is 0.620. The molecule has 1 heterocycles. The summed E-state index contributed by atoms with van der Waals surface area (Å²) in [5.74, 6) is 0. The van der Waals surface area contributed by atoms with Crippen molar-refractivity contribution in [3.63, 3.8) is 0 Å². The van der Waals surface area contributed by atoms with E-state index in [-0.39, 0.29) is 0 Å². The average Bonchev–Trinajstić information content (AvgIpc) is 2.97. The van der Waals surface area contributed by atoms with Crippen molar-refractivity contribution >= 4 is 45.3 Å². The van der Waals surface area contributed by atoms with Gasteiger partial charge in [-0.15, -0.1) is 0 Å². The van der Waals surface area contributed by atoms with E-state index in [4.69, 9.17) is 5.73 Å². The van der Waals surface area contributed by atoms with E-state index in [1.807, 2.05) is 18.2 Å². The molecule has 3 rings (SSSR count). The molecule has 20 heavy (non-hydrogen) atoms. The van der Waals surface area contributed by atoms with Crippen molar-refractivity contribution in [1.82, 2.24) is 0 Å². The van der Waals surface area contributed by atoms with Crippen LogP contribution in [0, 0.1) is 3.57 Å². The van der Waals surface area contributed by atoms with Crippen molar-refractivity contribution in [1.29, 1.82) is 0 Å². The van der Waals surface area contributed by atoms with E-state index < -0.39 is 0 Å². The Morgan fingerprint density at radius 2 is 1.70 bits per heavy atom. The Morgan fingerprint density at radius 1 is 1.00 bits per heavy atom. The standard InChI is InChI=1S/C16H18IN3/c17-15-11-12(18)3-8-16(15)19-13-4-6-14(7-5-13)20-9-1-2-10-20/h3-8,11,19H,1-2,9-10,18H2. The van der Waals surface area contributed by atoms with Crippen LogP contribution in [0.2, 0.25) is 0 Å². The molecule has 3 nitrogen and oxygen atoms in total. The molecule has 2 aromatic carbocycles. The molecule has 0 aliphatic carbocycles. The second kappa shape index (κ2) is 5.91. The largest absolute Gasteiger partial charge is 0.399 e. The molecular weight excluding hydrogens is 361 g/mol. The molecule has 4 heteroatoms. The summed E-state index contributed by atoms with van der Waals surface area (Å²) in [7, 11) is 0. The molecule has 104 valence electrons. The van der Waals surface area contributed by atoms with Gasteiger partial charge in [-0.3, -0.25) is 0 Å². The summed E-state index contributed by atoms with van der Waals surface area (Å²) < 4.78 is 1.13. The van der Waals surface area contributed by atoms with Crippen LogP contribution in [0.1, 0.15) is 12.8 Å². The maximum Gasteiger partial charge on any atom is 0.0521 e. The van der Waals surface area contributed by atoms with Crippen molar-refractivity contribution in [2.75, 3.05) is 29.0 Å². The van der Waals surface area contributed by atoms with Crippen LogP contribution in [-0.2, 0) is 0 Å². The Balaban J connectivity index is 1.74. The molecule has 0 aromatic heterocycles. The highest BCUT2D eigenvalue weighted by Gasteiger charge is 2.11. The predicted molar refractivity (Wildman–Crippen MR) is 94.7 cm³/mol. The van der Waals surface area contributed by atoms with Gasteiger partial charge >= 0.3 is 0 Å². The SMILES string of the molecule is Nc1ccc(Nc2ccc(N3CCCC3)cc2)c(I)c1. The maximum absolute atomic E-state index is 5.77. The number of hydrogen-bond donors (Lipinski definition) is 2. The van der Waals surface area contributed by atoms with E-state index in [0.717, 1.165) is 20.6 Å². The lowest BCUT2D eigenvalue weighted by Crippen LogP contribution is -2.17. The minimum absolute atomic E-state index is 0.796. The van der Waals surface area contributed by atoms with Gasteiger partial charge in [0.05, 0.1) is 5.69 Å². The van der Waals surface area contributed by atoms with Gasteiger partial charge < -0.3 is 16.0 Å². The average molecular weight is 379 g/mol. The minimum atomic E-state index is 0.796. The summed E-state index contributed by atoms with van der Waals surface area (Å²) in [5.41, 5.74) is 10.1. The van der Waals surface area contributed by atoms with Gasteiger partial charge in [0.25, 0.3) is 0 Å². The van der Waals surface area contributed by atoms with Crippen molar-refractivity contribution in [2.45, 2.75) is 12.8 Å². The van der Waals surface area contributed by atoms with Gasteiger partial charge in [0.1, 0.15) is 0 Å². The van der Waals surface area contributed by atoms with Crippen molar-refractivity contribution in [3.8, 4) is 0 Å². The summed E-state index contributed by atoms with van der Waals surface area (Å²) >= 11 is 2.30. The van der Waals surface area contributed by atoms with Gasteiger partial charge in [0.15, 0.2) is 0 Å². The first kappa shape index (κ1) is 13.5. The van der Waals surface area contributed by atoms with Crippen molar-refractivity contribution in [3.05, 3.63) is 46.0 Å². The molecule has 1 aliphatic rings. The summed E-state index contributed by atoms with van der Waals surface area (Å²) in [6.07, 6.45) is 2.62. The molecule has 2 aromatic rings. The molecule has 0 atom stereocenters. The second-order valence-electron chi connectivity index (χ2n) is 5.11. The molecule has 0 bridgehead atoms. The Morgan fingerprint density at radius 3 is 2.35 bits per heavy atom. The molecule has 0 saturated carbocycles. The zero-order valence-corrected chi connectivity index (χ0v) is 13.4. The molecule has 1 aliphatic heterocycles. The lowest BCUT2D eigenvalue weighted by atomic mass is 10.2.